The Hall–Kier alpha value is -2.99. The van der Waals surface area contributed by atoms with Crippen LogP contribution in [0.2, 0.25) is 10.0 Å². The Morgan fingerprint density at radius 2 is 1.89 bits per heavy atom. The lowest BCUT2D eigenvalue weighted by atomic mass is 10.0. The molecule has 0 aliphatic heterocycles. The summed E-state index contributed by atoms with van der Waals surface area (Å²) in [7, 11) is 0. The zero-order chi connectivity index (χ0) is 28.0. The molecule has 202 valence electrons. The molecule has 0 bridgehead atoms. The number of ether oxygens (including phenoxy) is 1. The molecule has 0 saturated heterocycles. The van der Waals surface area contributed by atoms with Crippen molar-refractivity contribution in [3.05, 3.63) is 73.8 Å². The lowest BCUT2D eigenvalue weighted by Gasteiger charge is -2.09. The van der Waals surface area contributed by atoms with E-state index >= 15 is 4.39 Å². The van der Waals surface area contributed by atoms with Crippen LogP contribution in [0.5, 0.6) is 0 Å². The molecule has 0 spiro atoms. The molecule has 3 rings (SSSR count). The maximum absolute atomic E-state index is 15.0. The zero-order valence-electron chi connectivity index (χ0n) is 19.7. The van der Waals surface area contributed by atoms with E-state index in [0.29, 0.717) is 5.56 Å². The molecule has 1 aromatic heterocycles. The fraction of sp³-hybridized carbons (Fsp3) is 0.240. The number of aryl methyl sites for hydroxylation is 1. The Balaban J connectivity index is 1.69. The summed E-state index contributed by atoms with van der Waals surface area (Å²) >= 11 is 13.5. The minimum atomic E-state index is -4.41. The first kappa shape index (κ1) is 29.6. The second-order valence-electron chi connectivity index (χ2n) is 8.03. The molecule has 3 aromatic rings. The van der Waals surface area contributed by atoms with Gasteiger partial charge in [0.15, 0.2) is 5.13 Å². The van der Waals surface area contributed by atoms with Gasteiger partial charge in [0.1, 0.15) is 12.4 Å². The Labute approximate surface area is 228 Å². The molecule has 1 heterocycles. The highest BCUT2D eigenvalue weighted by atomic mass is 35.5. The number of benzene rings is 2. The van der Waals surface area contributed by atoms with E-state index in [4.69, 9.17) is 28.3 Å². The standard InChI is InChI=1S/C25H20Cl2F4N2O4S/c1-13(23(35)36)8-17-18(26)9-15(10-19(17)27)22(34)33-24-32-20(11-38-24)16-6-2-4-14(21(16)28)5-3-7-37-12-25(29,30)31/h2,4,6,8-11H,3,5,7,12H2,1H3,(H,35,36)(H,32,33,34). The Bertz CT molecular complexity index is 1350. The molecular weight excluding hydrogens is 571 g/mol. The number of carboxylic acids is 1. The number of nitrogens with one attached hydrogen (secondary N) is 1. The van der Waals surface area contributed by atoms with E-state index in [2.05, 4.69) is 15.0 Å². The van der Waals surface area contributed by atoms with E-state index in [0.717, 1.165) is 11.3 Å². The topological polar surface area (TPSA) is 88.5 Å². The maximum Gasteiger partial charge on any atom is 0.411 e. The molecule has 2 N–H and O–H groups in total. The zero-order valence-corrected chi connectivity index (χ0v) is 22.0. The Kier molecular flexibility index (Phi) is 9.88. The number of hydrogen-bond acceptors (Lipinski definition) is 5. The summed E-state index contributed by atoms with van der Waals surface area (Å²) in [6.45, 7) is -0.144. The lowest BCUT2D eigenvalue weighted by Crippen LogP contribution is -2.17. The average Bonchev–Trinajstić information content (AvgIpc) is 3.29. The second-order valence-corrected chi connectivity index (χ2v) is 9.70. The number of rotatable bonds is 10. The number of carboxylic acid groups (broad SMARTS) is 1. The van der Waals surface area contributed by atoms with Crippen molar-refractivity contribution in [3.8, 4) is 11.3 Å². The van der Waals surface area contributed by atoms with Gasteiger partial charge < -0.3 is 9.84 Å². The van der Waals surface area contributed by atoms with Gasteiger partial charge in [0.2, 0.25) is 0 Å². The number of halogens is 6. The number of carbonyl (C=O) groups excluding carboxylic acids is 1. The maximum atomic E-state index is 15.0. The van der Waals surface area contributed by atoms with Crippen molar-refractivity contribution >= 4 is 57.6 Å². The summed E-state index contributed by atoms with van der Waals surface area (Å²) < 4.78 is 56.1. The number of hydrogen-bond donors (Lipinski definition) is 2. The summed E-state index contributed by atoms with van der Waals surface area (Å²) in [6.07, 6.45) is -2.75. The monoisotopic (exact) mass is 590 g/mol. The van der Waals surface area contributed by atoms with Crippen molar-refractivity contribution in [2.24, 2.45) is 0 Å². The molecular formula is C25H20Cl2F4N2O4S. The third kappa shape index (κ3) is 8.00. The number of aromatic nitrogens is 1. The van der Waals surface area contributed by atoms with Crippen LogP contribution in [0.3, 0.4) is 0 Å². The van der Waals surface area contributed by atoms with Gasteiger partial charge in [-0.3, -0.25) is 10.1 Å². The Morgan fingerprint density at radius 1 is 1.21 bits per heavy atom. The molecule has 0 fully saturated rings. The van der Waals surface area contributed by atoms with Crippen molar-refractivity contribution < 1.29 is 37.0 Å². The van der Waals surface area contributed by atoms with Crippen molar-refractivity contribution in [1.82, 2.24) is 4.98 Å². The molecule has 6 nitrogen and oxygen atoms in total. The van der Waals surface area contributed by atoms with Crippen molar-refractivity contribution in [2.45, 2.75) is 25.9 Å². The van der Waals surface area contributed by atoms with E-state index in [1.165, 1.54) is 37.3 Å². The predicted molar refractivity (Wildman–Crippen MR) is 138 cm³/mol. The van der Waals surface area contributed by atoms with Gasteiger partial charge in [-0.1, -0.05) is 35.3 Å². The van der Waals surface area contributed by atoms with E-state index in [1.54, 1.807) is 11.4 Å². The number of alkyl halides is 3. The summed E-state index contributed by atoms with van der Waals surface area (Å²) in [5.41, 5.74) is 1.09. The minimum Gasteiger partial charge on any atom is -0.478 e. The molecule has 13 heteroatoms. The van der Waals surface area contributed by atoms with Gasteiger partial charge >= 0.3 is 12.1 Å². The van der Waals surface area contributed by atoms with Crippen LogP contribution in [-0.4, -0.2) is 41.4 Å². The summed E-state index contributed by atoms with van der Waals surface area (Å²) in [5, 5.41) is 13.5. The minimum absolute atomic E-state index is 0.00686. The SMILES string of the molecule is CC(=Cc1c(Cl)cc(C(=O)Nc2nc(-c3cccc(CCCOCC(F)(F)F)c3F)cs2)cc1Cl)C(=O)O. The highest BCUT2D eigenvalue weighted by molar-refractivity contribution is 7.14. The summed E-state index contributed by atoms with van der Waals surface area (Å²) in [5.74, 6) is -2.30. The number of thiazole rings is 1. The van der Waals surface area contributed by atoms with E-state index in [1.807, 2.05) is 0 Å². The molecule has 0 aliphatic rings. The van der Waals surface area contributed by atoms with Gasteiger partial charge in [0.25, 0.3) is 5.91 Å². The molecule has 0 atom stereocenters. The smallest absolute Gasteiger partial charge is 0.411 e. The van der Waals surface area contributed by atoms with Crippen molar-refractivity contribution in [2.75, 3.05) is 18.5 Å². The third-order valence-corrected chi connectivity index (χ3v) is 6.50. The fourth-order valence-corrected chi connectivity index (χ4v) is 4.58. The highest BCUT2D eigenvalue weighted by Crippen LogP contribution is 2.31. The Morgan fingerprint density at radius 3 is 2.53 bits per heavy atom. The number of aliphatic carboxylic acids is 1. The first-order valence-corrected chi connectivity index (χ1v) is 12.6. The van der Waals surface area contributed by atoms with Crippen LogP contribution >= 0.6 is 34.5 Å². The molecule has 38 heavy (non-hydrogen) atoms. The number of nitrogens with zero attached hydrogens (tertiary/aromatic N) is 1. The van der Waals surface area contributed by atoms with Crippen LogP contribution in [0.15, 0.2) is 41.3 Å². The van der Waals surface area contributed by atoms with Crippen LogP contribution in [0, 0.1) is 5.82 Å². The number of carbonyl (C=O) groups is 2. The molecule has 0 unspecified atom stereocenters. The largest absolute Gasteiger partial charge is 0.478 e. The summed E-state index contributed by atoms with van der Waals surface area (Å²) in [6, 6.07) is 7.31. The van der Waals surface area contributed by atoms with Gasteiger partial charge in [-0.2, -0.15) is 13.2 Å². The average molecular weight is 591 g/mol. The van der Waals surface area contributed by atoms with Crippen LogP contribution in [0.25, 0.3) is 17.3 Å². The molecule has 0 radical (unpaired) electrons. The van der Waals surface area contributed by atoms with Gasteiger partial charge in [-0.05, 0) is 49.6 Å². The van der Waals surface area contributed by atoms with Gasteiger partial charge in [0, 0.05) is 34.3 Å². The molecule has 0 aliphatic carbocycles. The quantitative estimate of drug-likeness (QED) is 0.145. The lowest BCUT2D eigenvalue weighted by molar-refractivity contribution is -0.174. The van der Waals surface area contributed by atoms with E-state index in [9.17, 15) is 22.8 Å². The van der Waals surface area contributed by atoms with Gasteiger partial charge in [-0.25, -0.2) is 14.2 Å². The third-order valence-electron chi connectivity index (χ3n) is 5.12. The van der Waals surface area contributed by atoms with Crippen LogP contribution < -0.4 is 5.32 Å². The highest BCUT2D eigenvalue weighted by Gasteiger charge is 2.27. The summed E-state index contributed by atoms with van der Waals surface area (Å²) in [4.78, 5) is 28.1. The van der Waals surface area contributed by atoms with Crippen LogP contribution in [0.1, 0.15) is 34.8 Å². The molecule has 1 amide bonds. The van der Waals surface area contributed by atoms with Crippen molar-refractivity contribution in [3.63, 3.8) is 0 Å². The molecule has 2 aromatic carbocycles. The first-order chi connectivity index (χ1) is 17.9. The van der Waals surface area contributed by atoms with Crippen LogP contribution in [-0.2, 0) is 16.0 Å². The fourth-order valence-electron chi connectivity index (χ4n) is 3.28. The normalized spacial score (nSPS) is 12.0. The van der Waals surface area contributed by atoms with E-state index < -0.39 is 30.5 Å². The molecule has 0 saturated carbocycles. The van der Waals surface area contributed by atoms with Crippen molar-refractivity contribution in [1.29, 1.82) is 0 Å². The van der Waals surface area contributed by atoms with E-state index in [-0.39, 0.29) is 62.6 Å². The van der Waals surface area contributed by atoms with Gasteiger partial charge in [-0.15, -0.1) is 11.3 Å². The van der Waals surface area contributed by atoms with Crippen LogP contribution in [0.4, 0.5) is 22.7 Å². The number of amides is 1. The van der Waals surface area contributed by atoms with Gasteiger partial charge in [0.05, 0.1) is 15.7 Å². The predicted octanol–water partition coefficient (Wildman–Crippen LogP) is 7.51. The first-order valence-electron chi connectivity index (χ1n) is 11.0. The second kappa shape index (κ2) is 12.7. The number of anilines is 1.